The summed E-state index contributed by atoms with van der Waals surface area (Å²) in [6.45, 7) is 7.90. The van der Waals surface area contributed by atoms with E-state index < -0.39 is 24.3 Å². The molecule has 0 aliphatic carbocycles. The van der Waals surface area contributed by atoms with Crippen LogP contribution in [-0.2, 0) is 14.1 Å². The molecule has 1 aliphatic heterocycles. The summed E-state index contributed by atoms with van der Waals surface area (Å²) in [5.41, 5.74) is 0.564. The Balaban J connectivity index is 2.41. The largest absolute Gasteiger partial charge is 0.497 e. The summed E-state index contributed by atoms with van der Waals surface area (Å²) in [5.74, 6) is -0.368. The molecular formula is C16H21BO5. The molecule has 0 radical (unpaired) electrons. The molecule has 1 aromatic rings. The third-order valence-electron chi connectivity index (χ3n) is 4.21. The smallest absolute Gasteiger partial charge is 0.495 e. The molecule has 0 saturated carbocycles. The van der Waals surface area contributed by atoms with Crippen LogP contribution in [0.2, 0.25) is 0 Å². The van der Waals surface area contributed by atoms with Crippen LogP contribution in [0, 0.1) is 0 Å². The van der Waals surface area contributed by atoms with E-state index >= 15 is 0 Å². The van der Waals surface area contributed by atoms with Crippen molar-refractivity contribution < 1.29 is 23.9 Å². The number of hydrogen-bond donors (Lipinski definition) is 1. The number of hydrogen-bond acceptors (Lipinski definition) is 4. The highest BCUT2D eigenvalue weighted by Crippen LogP contribution is 2.36. The van der Waals surface area contributed by atoms with E-state index in [1.54, 1.807) is 19.2 Å². The molecule has 0 spiro atoms. The van der Waals surface area contributed by atoms with Crippen LogP contribution < -0.4 is 10.2 Å². The number of ether oxygens (including phenoxy) is 1. The van der Waals surface area contributed by atoms with E-state index in [1.807, 2.05) is 33.8 Å². The van der Waals surface area contributed by atoms with Crippen LogP contribution in [0.5, 0.6) is 5.75 Å². The summed E-state index contributed by atoms with van der Waals surface area (Å²) in [5, 5.41) is 8.84. The zero-order valence-corrected chi connectivity index (χ0v) is 13.5. The number of rotatable bonds is 4. The molecule has 2 rings (SSSR count). The second-order valence-electron chi connectivity index (χ2n) is 6.25. The molecule has 1 aromatic carbocycles. The van der Waals surface area contributed by atoms with Crippen molar-refractivity contribution in [1.29, 1.82) is 0 Å². The summed E-state index contributed by atoms with van der Waals surface area (Å²) in [7, 11) is 1.01. The number of carboxylic acid groups (broad SMARTS) is 1. The van der Waals surface area contributed by atoms with Crippen LogP contribution in [0.15, 0.2) is 24.3 Å². The molecule has 0 amide bonds. The normalized spacial score (nSPS) is 19.6. The Morgan fingerprint density at radius 1 is 1.23 bits per heavy atom. The van der Waals surface area contributed by atoms with Gasteiger partial charge in [-0.25, -0.2) is 4.79 Å². The fraction of sp³-hybridized carbons (Fsp3) is 0.438. The lowest BCUT2D eigenvalue weighted by atomic mass is 9.75. The van der Waals surface area contributed by atoms with Gasteiger partial charge in [-0.15, -0.1) is 0 Å². The van der Waals surface area contributed by atoms with Crippen molar-refractivity contribution in [2.24, 2.45) is 0 Å². The van der Waals surface area contributed by atoms with Crippen molar-refractivity contribution in [1.82, 2.24) is 0 Å². The van der Waals surface area contributed by atoms with Crippen LogP contribution in [0.4, 0.5) is 0 Å². The number of methoxy groups -OCH3 is 1. The Kier molecular flexibility index (Phi) is 4.36. The number of carbonyl (C=O) groups is 1. The zero-order valence-electron chi connectivity index (χ0n) is 13.5. The van der Waals surface area contributed by atoms with E-state index in [0.717, 1.165) is 11.5 Å². The van der Waals surface area contributed by atoms with Gasteiger partial charge in [0.1, 0.15) is 5.75 Å². The molecule has 5 nitrogen and oxygen atoms in total. The van der Waals surface area contributed by atoms with Crippen LogP contribution in [0.1, 0.15) is 33.3 Å². The van der Waals surface area contributed by atoms with Crippen molar-refractivity contribution in [2.75, 3.05) is 7.11 Å². The number of carboxylic acids is 1. The minimum absolute atomic E-state index is 0.453. The fourth-order valence-electron chi connectivity index (χ4n) is 2.17. The van der Waals surface area contributed by atoms with Gasteiger partial charge in [-0.3, -0.25) is 0 Å². The monoisotopic (exact) mass is 304 g/mol. The van der Waals surface area contributed by atoms with Crippen molar-refractivity contribution in [2.45, 2.75) is 38.9 Å². The summed E-state index contributed by atoms with van der Waals surface area (Å²) in [6, 6.07) is 5.40. The second kappa shape index (κ2) is 5.78. The molecule has 0 aromatic heterocycles. The second-order valence-corrected chi connectivity index (χ2v) is 6.25. The standard InChI is InChI=1S/C16H21BO5/c1-15(2)16(3,4)22-17(21-15)13-8-7-12(20-5)10-11(13)6-9-14(18)19/h6-10H,1-5H3,(H,18,19)/b9-6+. The molecular weight excluding hydrogens is 283 g/mol. The topological polar surface area (TPSA) is 65.0 Å². The molecule has 1 aliphatic rings. The molecule has 1 fully saturated rings. The summed E-state index contributed by atoms with van der Waals surface area (Å²) >= 11 is 0. The maximum absolute atomic E-state index is 10.8. The summed E-state index contributed by atoms with van der Waals surface area (Å²) in [6.07, 6.45) is 2.61. The SMILES string of the molecule is COc1ccc(B2OC(C)(C)C(C)(C)O2)c(/C=C/C(=O)O)c1. The van der Waals surface area contributed by atoms with Gasteiger partial charge >= 0.3 is 13.1 Å². The van der Waals surface area contributed by atoms with E-state index in [2.05, 4.69) is 0 Å². The van der Waals surface area contributed by atoms with Gasteiger partial charge in [-0.2, -0.15) is 0 Å². The van der Waals surface area contributed by atoms with Gasteiger partial charge in [0, 0.05) is 6.08 Å². The molecule has 118 valence electrons. The van der Waals surface area contributed by atoms with Crippen LogP contribution >= 0.6 is 0 Å². The van der Waals surface area contributed by atoms with Gasteiger partial charge in [-0.05, 0) is 56.9 Å². The van der Waals surface area contributed by atoms with Gasteiger partial charge in [0.05, 0.1) is 18.3 Å². The van der Waals surface area contributed by atoms with Crippen LogP contribution in [0.25, 0.3) is 6.08 Å². The molecule has 1 N–H and O–H groups in total. The first-order valence-electron chi connectivity index (χ1n) is 7.11. The molecule has 0 unspecified atom stereocenters. The molecule has 0 atom stereocenters. The lowest BCUT2D eigenvalue weighted by molar-refractivity contribution is -0.131. The first-order valence-corrected chi connectivity index (χ1v) is 7.11. The lowest BCUT2D eigenvalue weighted by Gasteiger charge is -2.32. The summed E-state index contributed by atoms with van der Waals surface area (Å²) in [4.78, 5) is 10.8. The van der Waals surface area contributed by atoms with Gasteiger partial charge in [-0.1, -0.05) is 6.07 Å². The van der Waals surface area contributed by atoms with E-state index in [1.165, 1.54) is 6.08 Å². The van der Waals surface area contributed by atoms with Gasteiger partial charge in [0.25, 0.3) is 0 Å². The van der Waals surface area contributed by atoms with Crippen molar-refractivity contribution in [3.8, 4) is 5.75 Å². The highest BCUT2D eigenvalue weighted by Gasteiger charge is 2.52. The van der Waals surface area contributed by atoms with Crippen molar-refractivity contribution in [3.63, 3.8) is 0 Å². The quantitative estimate of drug-likeness (QED) is 0.681. The van der Waals surface area contributed by atoms with E-state index in [4.69, 9.17) is 19.2 Å². The maximum Gasteiger partial charge on any atom is 0.495 e. The summed E-state index contributed by atoms with van der Waals surface area (Å²) < 4.78 is 17.3. The third kappa shape index (κ3) is 3.18. The Morgan fingerprint density at radius 2 is 1.82 bits per heavy atom. The third-order valence-corrected chi connectivity index (χ3v) is 4.21. The molecule has 0 bridgehead atoms. The van der Waals surface area contributed by atoms with Crippen molar-refractivity contribution >= 4 is 24.6 Å². The minimum Gasteiger partial charge on any atom is -0.497 e. The molecule has 22 heavy (non-hydrogen) atoms. The molecule has 1 heterocycles. The number of benzene rings is 1. The van der Waals surface area contributed by atoms with E-state index in [9.17, 15) is 4.79 Å². The van der Waals surface area contributed by atoms with Crippen LogP contribution in [-0.4, -0.2) is 36.5 Å². The van der Waals surface area contributed by atoms with Gasteiger partial charge in [0.2, 0.25) is 0 Å². The van der Waals surface area contributed by atoms with E-state index in [0.29, 0.717) is 11.3 Å². The number of aliphatic carboxylic acids is 1. The Morgan fingerprint density at radius 3 is 2.32 bits per heavy atom. The van der Waals surface area contributed by atoms with Gasteiger partial charge < -0.3 is 19.2 Å². The minimum atomic E-state index is -1.01. The first-order chi connectivity index (χ1) is 10.2. The van der Waals surface area contributed by atoms with E-state index in [-0.39, 0.29) is 0 Å². The highest BCUT2D eigenvalue weighted by molar-refractivity contribution is 6.63. The molecule has 6 heteroatoms. The highest BCUT2D eigenvalue weighted by atomic mass is 16.7. The predicted octanol–water partition coefficient (Wildman–Crippen LogP) is 2.09. The fourth-order valence-corrected chi connectivity index (χ4v) is 2.17. The van der Waals surface area contributed by atoms with Crippen LogP contribution in [0.3, 0.4) is 0 Å². The molecule has 1 saturated heterocycles. The Bertz CT molecular complexity index is 591. The zero-order chi connectivity index (χ0) is 16.5. The maximum atomic E-state index is 10.8. The average molecular weight is 304 g/mol. The Labute approximate surface area is 131 Å². The van der Waals surface area contributed by atoms with Crippen molar-refractivity contribution in [3.05, 3.63) is 29.8 Å². The Hall–Kier alpha value is -1.79. The predicted molar refractivity (Wildman–Crippen MR) is 85.4 cm³/mol. The first kappa shape index (κ1) is 16.6. The van der Waals surface area contributed by atoms with Gasteiger partial charge in [0.15, 0.2) is 0 Å². The average Bonchev–Trinajstić information content (AvgIpc) is 2.64. The lowest BCUT2D eigenvalue weighted by Crippen LogP contribution is -2.41.